The molecule has 2 unspecified atom stereocenters. The number of urea groups is 1. The number of hydrogen-bond acceptors (Lipinski definition) is 3. The maximum absolute atomic E-state index is 12.4. The lowest BCUT2D eigenvalue weighted by Gasteiger charge is -2.32. The highest BCUT2D eigenvalue weighted by molar-refractivity contribution is 8.00. The highest BCUT2D eigenvalue weighted by atomic mass is 32.2. The van der Waals surface area contributed by atoms with Gasteiger partial charge >= 0.3 is 12.0 Å². The molecule has 2 rings (SSSR count). The highest BCUT2D eigenvalue weighted by Crippen LogP contribution is 2.45. The number of rotatable bonds is 4. The van der Waals surface area contributed by atoms with Crippen molar-refractivity contribution >= 4 is 23.8 Å². The Morgan fingerprint density at radius 2 is 2.05 bits per heavy atom. The first-order valence-corrected chi connectivity index (χ1v) is 7.85. The number of aliphatic carboxylic acids is 1. The van der Waals surface area contributed by atoms with Crippen LogP contribution < -0.4 is 5.32 Å². The van der Waals surface area contributed by atoms with Crippen molar-refractivity contribution in [2.24, 2.45) is 5.92 Å². The molecule has 6 heteroatoms. The maximum atomic E-state index is 12.4. The average molecular weight is 286 g/mol. The van der Waals surface area contributed by atoms with Crippen LogP contribution in [0.2, 0.25) is 0 Å². The Balaban J connectivity index is 2.11. The van der Waals surface area contributed by atoms with Gasteiger partial charge in [0.25, 0.3) is 0 Å². The van der Waals surface area contributed by atoms with Crippen molar-refractivity contribution in [2.45, 2.75) is 57.0 Å². The predicted octanol–water partition coefficient (Wildman–Crippen LogP) is 2.12. The molecular weight excluding hydrogens is 264 g/mol. The van der Waals surface area contributed by atoms with Crippen molar-refractivity contribution in [3.05, 3.63) is 0 Å². The number of carboxylic acids is 1. The van der Waals surface area contributed by atoms with Crippen LogP contribution in [0.25, 0.3) is 0 Å². The van der Waals surface area contributed by atoms with E-state index >= 15 is 0 Å². The highest BCUT2D eigenvalue weighted by Gasteiger charge is 2.48. The molecule has 19 heavy (non-hydrogen) atoms. The summed E-state index contributed by atoms with van der Waals surface area (Å²) in [6.45, 7) is 5.91. The van der Waals surface area contributed by atoms with Crippen LogP contribution in [0.5, 0.6) is 0 Å². The van der Waals surface area contributed by atoms with E-state index in [2.05, 4.69) is 5.32 Å². The minimum atomic E-state index is -0.903. The normalized spacial score (nSPS) is 27.4. The lowest BCUT2D eigenvalue weighted by atomic mass is 10.0. The Labute approximate surface area is 118 Å². The van der Waals surface area contributed by atoms with Gasteiger partial charge in [0, 0.05) is 11.3 Å². The molecule has 2 atom stereocenters. The van der Waals surface area contributed by atoms with Crippen molar-refractivity contribution in [1.29, 1.82) is 0 Å². The van der Waals surface area contributed by atoms with Crippen LogP contribution >= 0.6 is 11.8 Å². The number of amides is 2. The molecule has 1 aliphatic heterocycles. The van der Waals surface area contributed by atoms with Gasteiger partial charge in [-0.15, -0.1) is 11.8 Å². The number of carboxylic acid groups (broad SMARTS) is 1. The van der Waals surface area contributed by atoms with Crippen molar-refractivity contribution in [1.82, 2.24) is 10.2 Å². The van der Waals surface area contributed by atoms with E-state index in [0.29, 0.717) is 11.7 Å². The van der Waals surface area contributed by atoms with Crippen LogP contribution in [0.4, 0.5) is 4.79 Å². The fourth-order valence-electron chi connectivity index (χ4n) is 2.16. The Kier molecular flexibility index (Phi) is 3.99. The minimum Gasteiger partial charge on any atom is -0.480 e. The summed E-state index contributed by atoms with van der Waals surface area (Å²) >= 11 is 1.60. The van der Waals surface area contributed by atoms with E-state index < -0.39 is 12.0 Å². The van der Waals surface area contributed by atoms with Gasteiger partial charge in [-0.3, -0.25) is 4.90 Å². The third-order valence-electron chi connectivity index (χ3n) is 3.91. The number of carbonyl (C=O) groups excluding carboxylic acids is 1. The molecule has 1 aliphatic carbocycles. The molecule has 0 radical (unpaired) electrons. The number of carbonyl (C=O) groups is 2. The van der Waals surface area contributed by atoms with E-state index in [1.165, 1.54) is 0 Å². The molecule has 2 fully saturated rings. The molecule has 0 aromatic carbocycles. The zero-order chi connectivity index (χ0) is 14.2. The van der Waals surface area contributed by atoms with Gasteiger partial charge in [-0.1, -0.05) is 6.92 Å². The Hall–Kier alpha value is -0.910. The quantitative estimate of drug-likeness (QED) is 0.830. The lowest BCUT2D eigenvalue weighted by molar-refractivity contribution is -0.141. The molecule has 0 aromatic rings. The predicted molar refractivity (Wildman–Crippen MR) is 75.1 cm³/mol. The summed E-state index contributed by atoms with van der Waals surface area (Å²) in [5, 5.41) is 12.3. The molecule has 0 spiro atoms. The summed E-state index contributed by atoms with van der Waals surface area (Å²) in [5.41, 5.74) is -0.304. The van der Waals surface area contributed by atoms with Crippen LogP contribution in [-0.2, 0) is 4.79 Å². The molecule has 2 amide bonds. The van der Waals surface area contributed by atoms with Crippen molar-refractivity contribution in [3.8, 4) is 0 Å². The van der Waals surface area contributed by atoms with Crippen LogP contribution in [0, 0.1) is 5.92 Å². The van der Waals surface area contributed by atoms with Crippen LogP contribution in [-0.4, -0.2) is 44.7 Å². The number of thioether (sulfide) groups is 1. The fraction of sp³-hybridized carbons (Fsp3) is 0.846. The molecule has 0 aromatic heterocycles. The van der Waals surface area contributed by atoms with Crippen molar-refractivity contribution in [2.75, 3.05) is 5.75 Å². The molecule has 108 valence electrons. The minimum absolute atomic E-state index is 0.0359. The second kappa shape index (κ2) is 5.23. The van der Waals surface area contributed by atoms with Crippen molar-refractivity contribution < 1.29 is 14.7 Å². The van der Waals surface area contributed by atoms with E-state index in [1.807, 2.05) is 20.8 Å². The first-order chi connectivity index (χ1) is 8.85. The van der Waals surface area contributed by atoms with Crippen molar-refractivity contribution in [3.63, 3.8) is 0 Å². The molecule has 1 saturated carbocycles. The molecule has 5 nitrogen and oxygen atoms in total. The second-order valence-corrected chi connectivity index (χ2v) is 7.14. The van der Waals surface area contributed by atoms with Gasteiger partial charge in [0.2, 0.25) is 0 Å². The molecular formula is C13H22N2O3S. The largest absolute Gasteiger partial charge is 0.480 e. The Morgan fingerprint density at radius 3 is 2.53 bits per heavy atom. The number of nitrogens with zero attached hydrogens (tertiary/aromatic N) is 1. The fourth-order valence-corrected chi connectivity index (χ4v) is 3.79. The Morgan fingerprint density at radius 1 is 1.42 bits per heavy atom. The topological polar surface area (TPSA) is 69.6 Å². The lowest BCUT2D eigenvalue weighted by Crippen LogP contribution is -2.55. The Bertz CT molecular complexity index is 382. The summed E-state index contributed by atoms with van der Waals surface area (Å²) in [4.78, 5) is 25.3. The maximum Gasteiger partial charge on any atom is 0.327 e. The van der Waals surface area contributed by atoms with E-state index in [1.54, 1.807) is 16.7 Å². The number of hydrogen-bond donors (Lipinski definition) is 2. The van der Waals surface area contributed by atoms with Gasteiger partial charge in [-0.25, -0.2) is 9.59 Å². The molecule has 1 heterocycles. The zero-order valence-electron chi connectivity index (χ0n) is 11.7. The standard InChI is InChI=1S/C13H22N2O3S/c1-4-13(2,3)14-12(18)15-9(11(16)17)7-19-10(15)8-5-6-8/h8-10H,4-7H2,1-3H3,(H,14,18)(H,16,17). The SMILES string of the molecule is CCC(C)(C)NC(=O)N1C(C(=O)O)CSC1C1CC1. The second-order valence-electron chi connectivity index (χ2n) is 5.99. The van der Waals surface area contributed by atoms with E-state index in [-0.39, 0.29) is 16.9 Å². The average Bonchev–Trinajstić information content (AvgIpc) is 3.06. The monoisotopic (exact) mass is 286 g/mol. The van der Waals surface area contributed by atoms with Gasteiger partial charge in [-0.05, 0) is 39.0 Å². The molecule has 2 N–H and O–H groups in total. The van der Waals surface area contributed by atoms with Gasteiger partial charge in [0.15, 0.2) is 0 Å². The van der Waals surface area contributed by atoms with Gasteiger partial charge in [0.05, 0.1) is 5.37 Å². The van der Waals surface area contributed by atoms with E-state index in [9.17, 15) is 14.7 Å². The zero-order valence-corrected chi connectivity index (χ0v) is 12.5. The van der Waals surface area contributed by atoms with E-state index in [4.69, 9.17) is 0 Å². The van der Waals surface area contributed by atoms with Crippen LogP contribution in [0.15, 0.2) is 0 Å². The third-order valence-corrected chi connectivity index (χ3v) is 5.37. The first kappa shape index (κ1) is 14.5. The third kappa shape index (κ3) is 3.16. The van der Waals surface area contributed by atoms with Crippen LogP contribution in [0.1, 0.15) is 40.0 Å². The smallest absolute Gasteiger partial charge is 0.327 e. The summed E-state index contributed by atoms with van der Waals surface area (Å²) in [7, 11) is 0. The van der Waals surface area contributed by atoms with Gasteiger partial charge < -0.3 is 10.4 Å². The number of nitrogens with one attached hydrogen (secondary N) is 1. The summed E-state index contributed by atoms with van der Waals surface area (Å²) < 4.78 is 0. The molecule has 1 saturated heterocycles. The molecule has 0 bridgehead atoms. The first-order valence-electron chi connectivity index (χ1n) is 6.80. The summed E-state index contributed by atoms with van der Waals surface area (Å²) in [6.07, 6.45) is 3.02. The van der Waals surface area contributed by atoms with Gasteiger partial charge in [-0.2, -0.15) is 0 Å². The summed E-state index contributed by atoms with van der Waals surface area (Å²) in [5.74, 6) is 0.0705. The summed E-state index contributed by atoms with van der Waals surface area (Å²) in [6, 6.07) is -0.926. The molecule has 2 aliphatic rings. The van der Waals surface area contributed by atoms with E-state index in [0.717, 1.165) is 19.3 Å². The van der Waals surface area contributed by atoms with Crippen LogP contribution in [0.3, 0.4) is 0 Å². The van der Waals surface area contributed by atoms with Gasteiger partial charge in [0.1, 0.15) is 6.04 Å².